The Morgan fingerprint density at radius 2 is 1.88 bits per heavy atom. The molecule has 1 amide bonds. The largest absolute Gasteiger partial charge is 0.479 e. The van der Waals surface area contributed by atoms with Crippen LogP contribution in [0.25, 0.3) is 0 Å². The highest BCUT2D eigenvalue weighted by atomic mass is 16.4. The summed E-state index contributed by atoms with van der Waals surface area (Å²) in [6.07, 6.45) is 2.29. The number of carbonyl (C=O) groups is 2. The summed E-state index contributed by atoms with van der Waals surface area (Å²) in [4.78, 5) is 21.9. The maximum atomic E-state index is 11.6. The third kappa shape index (κ3) is 3.81. The van der Waals surface area contributed by atoms with E-state index < -0.39 is 12.1 Å². The molecule has 0 bridgehead atoms. The van der Waals surface area contributed by atoms with Gasteiger partial charge in [-0.2, -0.15) is 0 Å². The molecular formula is C11H19NO4. The van der Waals surface area contributed by atoms with Crippen molar-refractivity contribution in [2.24, 2.45) is 11.8 Å². The number of carboxylic acid groups (broad SMARTS) is 1. The second-order valence-electron chi connectivity index (χ2n) is 4.56. The second kappa shape index (κ2) is 5.84. The minimum Gasteiger partial charge on any atom is -0.479 e. The van der Waals surface area contributed by atoms with Crippen LogP contribution in [-0.2, 0) is 9.59 Å². The molecule has 5 nitrogen and oxygen atoms in total. The average molecular weight is 229 g/mol. The molecule has 1 rings (SSSR count). The fraction of sp³-hybridized carbons (Fsp3) is 0.818. The number of aliphatic hydroxyl groups excluding tert-OH is 1. The normalized spacial score (nSPS) is 27.1. The predicted molar refractivity (Wildman–Crippen MR) is 57.8 cm³/mol. The first-order valence-electron chi connectivity index (χ1n) is 5.69. The molecular weight excluding hydrogens is 210 g/mol. The van der Waals surface area contributed by atoms with E-state index in [4.69, 9.17) is 10.2 Å². The number of aliphatic hydroxyl groups is 1. The zero-order chi connectivity index (χ0) is 12.1. The fourth-order valence-corrected chi connectivity index (χ4v) is 1.95. The minimum atomic E-state index is -1.51. The Labute approximate surface area is 94.8 Å². The van der Waals surface area contributed by atoms with Gasteiger partial charge in [0.1, 0.15) is 0 Å². The number of aliphatic carboxylic acids is 1. The zero-order valence-corrected chi connectivity index (χ0v) is 9.48. The van der Waals surface area contributed by atoms with Crippen molar-refractivity contribution < 1.29 is 19.8 Å². The van der Waals surface area contributed by atoms with Crippen molar-refractivity contribution >= 4 is 11.9 Å². The Kier molecular flexibility index (Phi) is 4.73. The van der Waals surface area contributed by atoms with Crippen LogP contribution < -0.4 is 5.32 Å². The van der Waals surface area contributed by atoms with E-state index in [0.29, 0.717) is 5.92 Å². The Balaban J connectivity index is 2.27. The van der Waals surface area contributed by atoms with Gasteiger partial charge in [-0.3, -0.25) is 4.79 Å². The lowest BCUT2D eigenvalue weighted by Gasteiger charge is -2.25. The van der Waals surface area contributed by atoms with Gasteiger partial charge in [0.15, 0.2) is 6.10 Å². The van der Waals surface area contributed by atoms with Crippen LogP contribution in [0, 0.1) is 11.8 Å². The number of rotatable bonds is 4. The standard InChI is InChI=1S/C11H19NO4/c1-7-2-4-8(5-3-7)10(14)12-6-9(13)11(15)16/h7-9,13H,2-6H2,1H3,(H,12,14)(H,15,16). The Hall–Kier alpha value is -1.10. The molecule has 0 heterocycles. The summed E-state index contributed by atoms with van der Waals surface area (Å²) in [5.41, 5.74) is 0. The lowest BCUT2D eigenvalue weighted by Crippen LogP contribution is -2.40. The van der Waals surface area contributed by atoms with Crippen LogP contribution >= 0.6 is 0 Å². The van der Waals surface area contributed by atoms with Crippen molar-refractivity contribution in [1.29, 1.82) is 0 Å². The van der Waals surface area contributed by atoms with Crippen LogP contribution in [0.3, 0.4) is 0 Å². The highest BCUT2D eigenvalue weighted by Gasteiger charge is 2.25. The molecule has 3 N–H and O–H groups in total. The fourth-order valence-electron chi connectivity index (χ4n) is 1.95. The molecule has 1 atom stereocenters. The topological polar surface area (TPSA) is 86.6 Å². The lowest BCUT2D eigenvalue weighted by atomic mass is 9.82. The molecule has 0 aromatic carbocycles. The average Bonchev–Trinajstić information content (AvgIpc) is 2.26. The van der Waals surface area contributed by atoms with Crippen LogP contribution in [0.1, 0.15) is 32.6 Å². The van der Waals surface area contributed by atoms with E-state index in [1.54, 1.807) is 0 Å². The van der Waals surface area contributed by atoms with Crippen molar-refractivity contribution in [3.63, 3.8) is 0 Å². The third-order valence-electron chi connectivity index (χ3n) is 3.14. The highest BCUT2D eigenvalue weighted by molar-refractivity contribution is 5.80. The first-order chi connectivity index (χ1) is 7.50. The van der Waals surface area contributed by atoms with Crippen molar-refractivity contribution in [3.8, 4) is 0 Å². The molecule has 1 aliphatic carbocycles. The summed E-state index contributed by atoms with van der Waals surface area (Å²) in [6.45, 7) is 1.96. The smallest absolute Gasteiger partial charge is 0.334 e. The molecule has 16 heavy (non-hydrogen) atoms. The number of hydrogen-bond donors (Lipinski definition) is 3. The lowest BCUT2D eigenvalue weighted by molar-refractivity contribution is -0.146. The summed E-state index contributed by atoms with van der Waals surface area (Å²) in [5.74, 6) is -0.782. The summed E-state index contributed by atoms with van der Waals surface area (Å²) in [5, 5.41) is 19.9. The zero-order valence-electron chi connectivity index (χ0n) is 9.48. The van der Waals surface area contributed by atoms with Crippen LogP contribution in [-0.4, -0.2) is 34.7 Å². The summed E-state index contributed by atoms with van der Waals surface area (Å²) < 4.78 is 0. The van der Waals surface area contributed by atoms with Crippen molar-refractivity contribution in [2.45, 2.75) is 38.7 Å². The molecule has 1 unspecified atom stereocenters. The summed E-state index contributed by atoms with van der Waals surface area (Å²) in [7, 11) is 0. The molecule has 1 aliphatic rings. The molecule has 1 saturated carbocycles. The van der Waals surface area contributed by atoms with Gasteiger partial charge in [-0.15, -0.1) is 0 Å². The second-order valence-corrected chi connectivity index (χ2v) is 4.56. The molecule has 0 aromatic rings. The van der Waals surface area contributed by atoms with E-state index in [1.807, 2.05) is 0 Å². The number of hydrogen-bond acceptors (Lipinski definition) is 3. The van der Waals surface area contributed by atoms with E-state index in [0.717, 1.165) is 25.7 Å². The van der Waals surface area contributed by atoms with E-state index in [1.165, 1.54) is 0 Å². The maximum absolute atomic E-state index is 11.6. The summed E-state index contributed by atoms with van der Waals surface area (Å²) >= 11 is 0. The van der Waals surface area contributed by atoms with Crippen molar-refractivity contribution in [3.05, 3.63) is 0 Å². The Morgan fingerprint density at radius 1 is 1.31 bits per heavy atom. The van der Waals surface area contributed by atoms with Gasteiger partial charge in [0, 0.05) is 5.92 Å². The maximum Gasteiger partial charge on any atom is 0.334 e. The molecule has 0 aliphatic heterocycles. The van der Waals surface area contributed by atoms with Gasteiger partial charge in [-0.05, 0) is 31.6 Å². The van der Waals surface area contributed by atoms with Crippen LogP contribution in [0.15, 0.2) is 0 Å². The minimum absolute atomic E-state index is 0.0165. The van der Waals surface area contributed by atoms with Crippen molar-refractivity contribution in [2.75, 3.05) is 6.54 Å². The summed E-state index contributed by atoms with van der Waals surface area (Å²) in [6, 6.07) is 0. The van der Waals surface area contributed by atoms with Gasteiger partial charge in [0.2, 0.25) is 5.91 Å². The van der Waals surface area contributed by atoms with Gasteiger partial charge in [0.25, 0.3) is 0 Å². The number of carbonyl (C=O) groups excluding carboxylic acids is 1. The van der Waals surface area contributed by atoms with Gasteiger partial charge >= 0.3 is 5.97 Å². The van der Waals surface area contributed by atoms with Crippen LogP contribution in [0.5, 0.6) is 0 Å². The molecule has 5 heteroatoms. The van der Waals surface area contributed by atoms with Gasteiger partial charge in [-0.25, -0.2) is 4.79 Å². The van der Waals surface area contributed by atoms with Gasteiger partial charge in [-0.1, -0.05) is 6.92 Å². The quantitative estimate of drug-likeness (QED) is 0.650. The molecule has 92 valence electrons. The predicted octanol–water partition coefficient (Wildman–Crippen LogP) is 0.374. The first kappa shape index (κ1) is 13.0. The van der Waals surface area contributed by atoms with Gasteiger partial charge < -0.3 is 15.5 Å². The Morgan fingerprint density at radius 3 is 2.38 bits per heavy atom. The van der Waals surface area contributed by atoms with Crippen molar-refractivity contribution in [1.82, 2.24) is 5.32 Å². The molecule has 0 spiro atoms. The Bertz CT molecular complexity index is 259. The highest BCUT2D eigenvalue weighted by Crippen LogP contribution is 2.28. The van der Waals surface area contributed by atoms with E-state index in [9.17, 15) is 9.59 Å². The molecule has 0 saturated heterocycles. The third-order valence-corrected chi connectivity index (χ3v) is 3.14. The van der Waals surface area contributed by atoms with E-state index >= 15 is 0 Å². The number of amides is 1. The van der Waals surface area contributed by atoms with E-state index in [2.05, 4.69) is 12.2 Å². The van der Waals surface area contributed by atoms with Gasteiger partial charge in [0.05, 0.1) is 6.54 Å². The molecule has 1 fully saturated rings. The van der Waals surface area contributed by atoms with Crippen LogP contribution in [0.4, 0.5) is 0 Å². The number of nitrogens with one attached hydrogen (secondary N) is 1. The monoisotopic (exact) mass is 229 g/mol. The molecule has 0 radical (unpaired) electrons. The number of carboxylic acids is 1. The molecule has 0 aromatic heterocycles. The first-order valence-corrected chi connectivity index (χ1v) is 5.69. The van der Waals surface area contributed by atoms with E-state index in [-0.39, 0.29) is 18.4 Å². The van der Waals surface area contributed by atoms with Crippen LogP contribution in [0.2, 0.25) is 0 Å². The SMILES string of the molecule is CC1CCC(C(=O)NCC(O)C(=O)O)CC1.